The van der Waals surface area contributed by atoms with Gasteiger partial charge in [-0.25, -0.2) is 13.6 Å². The number of hydrogen-bond donors (Lipinski definition) is 0. The number of phosphoric ester groups is 1. The normalized spacial score (nSPS) is 17.9. The Balaban J connectivity index is 5.01. The van der Waals surface area contributed by atoms with Crippen LogP contribution < -0.4 is 0 Å². The zero-order valence-corrected chi connectivity index (χ0v) is 15.6. The first-order valence-corrected chi connectivity index (χ1v) is 8.97. The number of ether oxygens (including phenoxy) is 2. The fourth-order valence-corrected chi connectivity index (χ4v) is 2.92. The molecule has 4 atom stereocenters. The summed E-state index contributed by atoms with van der Waals surface area (Å²) in [6.07, 6.45) is -2.60. The monoisotopic (exact) mass is 354 g/mol. The molecule has 0 fully saturated rings. The number of carbonyl (C=O) groups is 2. The summed E-state index contributed by atoms with van der Waals surface area (Å²) in [5, 5.41) is 0. The summed E-state index contributed by atoms with van der Waals surface area (Å²) in [6, 6.07) is 0. The van der Waals surface area contributed by atoms with Gasteiger partial charge < -0.3 is 9.47 Å². The quantitative estimate of drug-likeness (QED) is 0.334. The predicted octanol–water partition coefficient (Wildman–Crippen LogP) is 3.40. The Morgan fingerprint density at radius 2 is 1.39 bits per heavy atom. The first-order chi connectivity index (χ1) is 10.5. The lowest BCUT2D eigenvalue weighted by Crippen LogP contribution is -2.24. The Morgan fingerprint density at radius 3 is 1.78 bits per heavy atom. The lowest BCUT2D eigenvalue weighted by atomic mass is 10.1. The zero-order valence-electron chi connectivity index (χ0n) is 14.7. The Hall–Kier alpha value is -0.950. The summed E-state index contributed by atoms with van der Waals surface area (Å²) >= 11 is 0. The van der Waals surface area contributed by atoms with Crippen molar-refractivity contribution in [1.82, 2.24) is 0 Å². The molecule has 0 N–H and O–H groups in total. The second-order valence-corrected chi connectivity index (χ2v) is 6.83. The number of carbonyl (C=O) groups excluding carboxylic acids is 2. The zero-order chi connectivity index (χ0) is 18.2. The lowest BCUT2D eigenvalue weighted by molar-refractivity contribution is -0.170. The summed E-state index contributed by atoms with van der Waals surface area (Å²) in [5.74, 6) is -1.09. The van der Waals surface area contributed by atoms with E-state index >= 15 is 0 Å². The summed E-state index contributed by atoms with van der Waals surface area (Å²) in [6.45, 7) is 11.0. The fraction of sp³-hybridized carbons (Fsp3) is 0.857. The molecule has 0 aliphatic carbocycles. The molecule has 0 aliphatic rings. The molecule has 136 valence electrons. The standard InChI is InChI=1S/C14H27O8P/c1-8-14(16)19-13(7)22-23(17,20-10(4)9(2)3)21-12(6)18-11(5)15/h9-10,12-13H,8H2,1-7H3. The van der Waals surface area contributed by atoms with Crippen LogP contribution in [0.1, 0.15) is 54.9 Å². The third kappa shape index (κ3) is 9.71. The van der Waals surface area contributed by atoms with Crippen LogP contribution in [0.25, 0.3) is 0 Å². The molecule has 0 bridgehead atoms. The van der Waals surface area contributed by atoms with Gasteiger partial charge in [-0.3, -0.25) is 14.1 Å². The molecule has 23 heavy (non-hydrogen) atoms. The van der Waals surface area contributed by atoms with Gasteiger partial charge in [0.2, 0.25) is 12.6 Å². The highest BCUT2D eigenvalue weighted by molar-refractivity contribution is 7.48. The van der Waals surface area contributed by atoms with Gasteiger partial charge in [0, 0.05) is 13.3 Å². The SMILES string of the molecule is CCC(=O)OC(C)OP(=O)(OC(C)OC(C)=O)OC(C)C(C)C. The number of esters is 2. The van der Waals surface area contributed by atoms with Crippen molar-refractivity contribution in [3.05, 3.63) is 0 Å². The molecule has 4 unspecified atom stereocenters. The Bertz CT molecular complexity index is 436. The Labute approximate surface area is 137 Å². The van der Waals surface area contributed by atoms with Crippen LogP contribution in [0.2, 0.25) is 0 Å². The highest BCUT2D eigenvalue weighted by Gasteiger charge is 2.36. The van der Waals surface area contributed by atoms with Crippen LogP contribution in [0.3, 0.4) is 0 Å². The molecule has 0 aliphatic heterocycles. The smallest absolute Gasteiger partial charge is 0.436 e. The fourth-order valence-electron chi connectivity index (χ4n) is 1.31. The van der Waals surface area contributed by atoms with Crippen LogP contribution in [0.15, 0.2) is 0 Å². The van der Waals surface area contributed by atoms with E-state index < -0.39 is 38.4 Å². The van der Waals surface area contributed by atoms with E-state index in [1.165, 1.54) is 20.8 Å². The Morgan fingerprint density at radius 1 is 0.913 bits per heavy atom. The second kappa shape index (κ2) is 10.0. The van der Waals surface area contributed by atoms with Crippen molar-refractivity contribution >= 4 is 19.8 Å². The van der Waals surface area contributed by atoms with Gasteiger partial charge in [-0.05, 0) is 26.7 Å². The maximum Gasteiger partial charge on any atom is 0.481 e. The molecule has 0 heterocycles. The average molecular weight is 354 g/mol. The molecule has 0 saturated carbocycles. The summed E-state index contributed by atoms with van der Waals surface area (Å²) in [4.78, 5) is 22.2. The maximum atomic E-state index is 12.8. The minimum Gasteiger partial charge on any atom is -0.436 e. The topological polar surface area (TPSA) is 97.4 Å². The van der Waals surface area contributed by atoms with E-state index in [2.05, 4.69) is 0 Å². The highest BCUT2D eigenvalue weighted by atomic mass is 31.2. The van der Waals surface area contributed by atoms with Crippen molar-refractivity contribution in [3.63, 3.8) is 0 Å². The van der Waals surface area contributed by atoms with Crippen LogP contribution in [0, 0.1) is 5.92 Å². The number of hydrogen-bond acceptors (Lipinski definition) is 8. The van der Waals surface area contributed by atoms with E-state index in [4.69, 9.17) is 23.0 Å². The van der Waals surface area contributed by atoms with E-state index in [1.54, 1.807) is 13.8 Å². The average Bonchev–Trinajstić information content (AvgIpc) is 2.35. The summed E-state index contributed by atoms with van der Waals surface area (Å²) < 4.78 is 38.1. The van der Waals surface area contributed by atoms with Crippen molar-refractivity contribution in [1.29, 1.82) is 0 Å². The van der Waals surface area contributed by atoms with Crippen molar-refractivity contribution in [2.75, 3.05) is 0 Å². The molecule has 0 aromatic rings. The summed E-state index contributed by atoms with van der Waals surface area (Å²) in [5.41, 5.74) is 0. The van der Waals surface area contributed by atoms with Crippen molar-refractivity contribution < 1.29 is 37.2 Å². The maximum absolute atomic E-state index is 12.8. The molecule has 0 aromatic carbocycles. The van der Waals surface area contributed by atoms with Gasteiger partial charge in [0.15, 0.2) is 0 Å². The van der Waals surface area contributed by atoms with Gasteiger partial charge in [0.05, 0.1) is 6.10 Å². The third-order valence-corrected chi connectivity index (χ3v) is 4.41. The minimum atomic E-state index is -4.12. The van der Waals surface area contributed by atoms with Crippen molar-refractivity contribution in [3.8, 4) is 0 Å². The van der Waals surface area contributed by atoms with Crippen molar-refractivity contribution in [2.45, 2.75) is 73.6 Å². The van der Waals surface area contributed by atoms with Gasteiger partial charge in [-0.1, -0.05) is 20.8 Å². The first kappa shape index (κ1) is 22.1. The lowest BCUT2D eigenvalue weighted by Gasteiger charge is -2.27. The van der Waals surface area contributed by atoms with Crippen LogP contribution in [0.4, 0.5) is 0 Å². The van der Waals surface area contributed by atoms with Gasteiger partial charge in [-0.15, -0.1) is 0 Å². The van der Waals surface area contributed by atoms with Gasteiger partial charge in [0.25, 0.3) is 0 Å². The first-order valence-electron chi connectivity index (χ1n) is 7.51. The third-order valence-electron chi connectivity index (χ3n) is 2.71. The van der Waals surface area contributed by atoms with Gasteiger partial charge in [0.1, 0.15) is 0 Å². The molecule has 0 rings (SSSR count). The van der Waals surface area contributed by atoms with Crippen molar-refractivity contribution in [2.24, 2.45) is 5.92 Å². The van der Waals surface area contributed by atoms with E-state index in [1.807, 2.05) is 13.8 Å². The van der Waals surface area contributed by atoms with E-state index in [0.717, 1.165) is 0 Å². The molecule has 0 aromatic heterocycles. The van der Waals surface area contributed by atoms with Crippen LogP contribution in [-0.2, 0) is 37.2 Å². The molecule has 0 spiro atoms. The van der Waals surface area contributed by atoms with E-state index in [-0.39, 0.29) is 12.3 Å². The van der Waals surface area contributed by atoms with E-state index in [9.17, 15) is 14.2 Å². The molecular weight excluding hydrogens is 327 g/mol. The molecular formula is C14H27O8P. The predicted molar refractivity (Wildman–Crippen MR) is 82.2 cm³/mol. The highest BCUT2D eigenvalue weighted by Crippen LogP contribution is 2.53. The van der Waals surface area contributed by atoms with Gasteiger partial charge in [-0.2, -0.15) is 0 Å². The molecule has 0 saturated heterocycles. The minimum absolute atomic E-state index is 0.0352. The molecule has 9 heteroatoms. The van der Waals surface area contributed by atoms with E-state index in [0.29, 0.717) is 0 Å². The largest absolute Gasteiger partial charge is 0.481 e. The van der Waals surface area contributed by atoms with Crippen LogP contribution >= 0.6 is 7.82 Å². The Kier molecular flexibility index (Phi) is 9.61. The second-order valence-electron chi connectivity index (χ2n) is 5.30. The number of rotatable bonds is 10. The van der Waals surface area contributed by atoms with Gasteiger partial charge >= 0.3 is 19.8 Å². The molecule has 0 amide bonds. The molecule has 0 radical (unpaired) electrons. The summed E-state index contributed by atoms with van der Waals surface area (Å²) in [7, 11) is -4.12. The van der Waals surface area contributed by atoms with Crippen LogP contribution in [0.5, 0.6) is 0 Å². The molecule has 8 nitrogen and oxygen atoms in total. The van der Waals surface area contributed by atoms with Crippen LogP contribution in [-0.4, -0.2) is 30.6 Å². The number of phosphoric acid groups is 1.